The van der Waals surface area contributed by atoms with E-state index in [-0.39, 0.29) is 10.8 Å². The smallest absolute Gasteiger partial charge is 0.324 e. The molecule has 0 saturated heterocycles. The first-order valence-electron chi connectivity index (χ1n) is 7.95. The molecule has 0 aliphatic carbocycles. The molecular weight excluding hydrogens is 438 g/mol. The lowest BCUT2D eigenvalue weighted by Crippen LogP contribution is -2.44. The van der Waals surface area contributed by atoms with Gasteiger partial charge in [0.25, 0.3) is 0 Å². The number of nitrogens with one attached hydrogen (secondary N) is 1. The number of hydrogen-bond donors (Lipinski definition) is 1. The average Bonchev–Trinajstić information content (AvgIpc) is 2.95. The Kier molecular flexibility index (Phi) is 5.39. The Labute approximate surface area is 164 Å². The van der Waals surface area contributed by atoms with Crippen molar-refractivity contribution >= 4 is 63.4 Å². The Hall–Kier alpha value is -1.48. The molecule has 3 rings (SSSR count). The molecule has 0 aliphatic rings. The first kappa shape index (κ1) is 19.3. The normalized spacial score (nSPS) is 13.4. The van der Waals surface area contributed by atoms with Gasteiger partial charge in [0, 0.05) is 24.6 Å². The van der Waals surface area contributed by atoms with Gasteiger partial charge in [0.15, 0.2) is 0 Å². The van der Waals surface area contributed by atoms with Crippen molar-refractivity contribution in [3.8, 4) is 0 Å². The molecule has 1 N–H and O–H groups in total. The van der Waals surface area contributed by atoms with Gasteiger partial charge < -0.3 is 4.74 Å². The Morgan fingerprint density at radius 3 is 2.35 bits per heavy atom. The molecule has 138 valence electrons. The first-order chi connectivity index (χ1) is 12.2. The molecule has 0 amide bonds. The third-order valence-corrected chi connectivity index (χ3v) is 7.17. The van der Waals surface area contributed by atoms with Crippen molar-refractivity contribution in [2.75, 3.05) is 7.11 Å². The summed E-state index contributed by atoms with van der Waals surface area (Å²) in [5.41, 5.74) is 0. The summed E-state index contributed by atoms with van der Waals surface area (Å²) < 4.78 is 35.6. The summed E-state index contributed by atoms with van der Waals surface area (Å²) in [7, 11) is -2.61. The van der Waals surface area contributed by atoms with Crippen LogP contribution in [0, 0.1) is 5.92 Å². The molecule has 1 aromatic heterocycles. The number of benzene rings is 2. The van der Waals surface area contributed by atoms with Gasteiger partial charge in [0.1, 0.15) is 6.04 Å². The van der Waals surface area contributed by atoms with Crippen molar-refractivity contribution in [1.29, 1.82) is 0 Å². The van der Waals surface area contributed by atoms with E-state index in [4.69, 9.17) is 4.74 Å². The van der Waals surface area contributed by atoms with Crippen molar-refractivity contribution in [2.24, 2.45) is 5.92 Å². The van der Waals surface area contributed by atoms with E-state index >= 15 is 0 Å². The average molecular weight is 456 g/mol. The largest absolute Gasteiger partial charge is 0.468 e. The summed E-state index contributed by atoms with van der Waals surface area (Å²) in [6.45, 7) is 3.52. The molecule has 3 aromatic rings. The van der Waals surface area contributed by atoms with Gasteiger partial charge in [-0.3, -0.25) is 4.79 Å². The van der Waals surface area contributed by atoms with Gasteiger partial charge in [-0.15, -0.1) is 11.3 Å². The van der Waals surface area contributed by atoms with Crippen LogP contribution in [0.3, 0.4) is 0 Å². The quantitative estimate of drug-likeness (QED) is 0.582. The minimum absolute atomic E-state index is 0.130. The molecule has 0 unspecified atom stereocenters. The van der Waals surface area contributed by atoms with Crippen LogP contribution in [0.2, 0.25) is 0 Å². The number of carbonyl (C=O) groups is 1. The van der Waals surface area contributed by atoms with E-state index in [0.717, 1.165) is 24.6 Å². The number of thiophene rings is 1. The van der Waals surface area contributed by atoms with Crippen molar-refractivity contribution < 1.29 is 17.9 Å². The zero-order chi connectivity index (χ0) is 19.1. The molecular formula is C18H18BrNO4S2. The highest BCUT2D eigenvalue weighted by Gasteiger charge is 2.29. The fourth-order valence-electron chi connectivity index (χ4n) is 2.72. The SMILES string of the molecule is COC(=O)[C@@H](NS(=O)(=O)c1ccc2c(c1)sc1cc(Br)ccc12)C(C)C. The molecule has 1 heterocycles. The van der Waals surface area contributed by atoms with Crippen LogP contribution in [0.1, 0.15) is 13.8 Å². The fraction of sp³-hybridized carbons (Fsp3) is 0.278. The van der Waals surface area contributed by atoms with Gasteiger partial charge in [-0.05, 0) is 30.2 Å². The number of carbonyl (C=O) groups excluding carboxylic acids is 1. The van der Waals surface area contributed by atoms with E-state index in [1.165, 1.54) is 18.4 Å². The molecule has 0 aliphatic heterocycles. The molecule has 5 nitrogen and oxygen atoms in total. The molecule has 0 spiro atoms. The second-order valence-electron chi connectivity index (χ2n) is 6.27. The summed E-state index contributed by atoms with van der Waals surface area (Å²) in [6, 6.07) is 10.1. The predicted octanol–water partition coefficient (Wildman–Crippen LogP) is 4.29. The number of methoxy groups -OCH3 is 1. The van der Waals surface area contributed by atoms with Crippen LogP contribution in [0.4, 0.5) is 0 Å². The number of fused-ring (bicyclic) bond motifs is 3. The Balaban J connectivity index is 2.03. The number of rotatable bonds is 5. The van der Waals surface area contributed by atoms with E-state index in [0.29, 0.717) is 0 Å². The fourth-order valence-corrected chi connectivity index (χ4v) is 5.85. The standard InChI is InChI=1S/C18H18BrNO4S2/c1-10(2)17(18(21)24-3)20-26(22,23)12-5-7-14-13-6-4-11(19)8-15(13)25-16(14)9-12/h4-10,17,20H,1-3H3/t17-/m0/s1. The van der Waals surface area contributed by atoms with Crippen LogP contribution < -0.4 is 4.72 Å². The number of ether oxygens (including phenoxy) is 1. The highest BCUT2D eigenvalue weighted by molar-refractivity contribution is 9.10. The highest BCUT2D eigenvalue weighted by Crippen LogP contribution is 2.36. The lowest BCUT2D eigenvalue weighted by Gasteiger charge is -2.19. The van der Waals surface area contributed by atoms with Crippen molar-refractivity contribution in [3.05, 3.63) is 40.9 Å². The van der Waals surface area contributed by atoms with E-state index in [1.54, 1.807) is 32.0 Å². The number of hydrogen-bond acceptors (Lipinski definition) is 5. The van der Waals surface area contributed by atoms with E-state index < -0.39 is 22.0 Å². The van der Waals surface area contributed by atoms with Gasteiger partial charge >= 0.3 is 5.97 Å². The zero-order valence-electron chi connectivity index (χ0n) is 14.4. The van der Waals surface area contributed by atoms with Crippen LogP contribution in [0.15, 0.2) is 45.8 Å². The van der Waals surface area contributed by atoms with Gasteiger partial charge in [0.05, 0.1) is 12.0 Å². The monoisotopic (exact) mass is 455 g/mol. The Morgan fingerprint density at radius 2 is 1.73 bits per heavy atom. The Morgan fingerprint density at radius 1 is 1.12 bits per heavy atom. The van der Waals surface area contributed by atoms with E-state index in [9.17, 15) is 13.2 Å². The topological polar surface area (TPSA) is 72.5 Å². The molecule has 0 fully saturated rings. The molecule has 0 bridgehead atoms. The molecule has 0 radical (unpaired) electrons. The zero-order valence-corrected chi connectivity index (χ0v) is 17.7. The van der Waals surface area contributed by atoms with Crippen molar-refractivity contribution in [3.63, 3.8) is 0 Å². The van der Waals surface area contributed by atoms with Gasteiger partial charge in [-0.25, -0.2) is 8.42 Å². The van der Waals surface area contributed by atoms with Crippen LogP contribution >= 0.6 is 27.3 Å². The number of halogens is 1. The van der Waals surface area contributed by atoms with Gasteiger partial charge in [0.2, 0.25) is 10.0 Å². The summed E-state index contributed by atoms with van der Waals surface area (Å²) in [5.74, 6) is -0.834. The lowest BCUT2D eigenvalue weighted by atomic mass is 10.1. The van der Waals surface area contributed by atoms with E-state index in [2.05, 4.69) is 20.7 Å². The summed E-state index contributed by atoms with van der Waals surface area (Å²) >= 11 is 4.98. The van der Waals surface area contributed by atoms with Crippen LogP contribution in [-0.4, -0.2) is 27.5 Å². The maximum atomic E-state index is 12.8. The molecule has 8 heteroatoms. The number of sulfonamides is 1. The van der Waals surface area contributed by atoms with E-state index in [1.807, 2.05) is 18.2 Å². The molecule has 26 heavy (non-hydrogen) atoms. The third-order valence-electron chi connectivity index (χ3n) is 4.12. The van der Waals surface area contributed by atoms with Gasteiger partial charge in [-0.1, -0.05) is 41.9 Å². The van der Waals surface area contributed by atoms with Crippen molar-refractivity contribution in [1.82, 2.24) is 4.72 Å². The molecule has 1 atom stereocenters. The molecule has 0 saturated carbocycles. The third kappa shape index (κ3) is 3.64. The van der Waals surface area contributed by atoms with Crippen molar-refractivity contribution in [2.45, 2.75) is 24.8 Å². The molecule has 2 aromatic carbocycles. The Bertz CT molecular complexity index is 1090. The predicted molar refractivity (Wildman–Crippen MR) is 108 cm³/mol. The maximum Gasteiger partial charge on any atom is 0.324 e. The van der Waals surface area contributed by atoms with Gasteiger partial charge in [-0.2, -0.15) is 4.72 Å². The lowest BCUT2D eigenvalue weighted by molar-refractivity contribution is -0.143. The summed E-state index contributed by atoms with van der Waals surface area (Å²) in [6.07, 6.45) is 0. The van der Waals surface area contributed by atoms with Crippen LogP contribution in [0.5, 0.6) is 0 Å². The second-order valence-corrected chi connectivity index (χ2v) is 9.98. The number of esters is 1. The summed E-state index contributed by atoms with van der Waals surface area (Å²) in [4.78, 5) is 12.0. The van der Waals surface area contributed by atoms with Crippen LogP contribution in [-0.2, 0) is 19.6 Å². The van der Waals surface area contributed by atoms with Crippen LogP contribution in [0.25, 0.3) is 20.2 Å². The summed E-state index contributed by atoms with van der Waals surface area (Å²) in [5, 5.41) is 2.09. The minimum Gasteiger partial charge on any atom is -0.468 e. The second kappa shape index (κ2) is 7.26. The first-order valence-corrected chi connectivity index (χ1v) is 11.0. The minimum atomic E-state index is -3.85. The maximum absolute atomic E-state index is 12.8. The highest BCUT2D eigenvalue weighted by atomic mass is 79.9.